The molecule has 0 saturated carbocycles. The third-order valence-corrected chi connectivity index (χ3v) is 3.68. The number of carbonyl (C=O) groups is 1. The maximum atomic E-state index is 10.5. The fraction of sp³-hybridized carbons (Fsp3) is 0.0667. The molecule has 0 N–H and O–H groups in total. The highest BCUT2D eigenvalue weighted by molar-refractivity contribution is 6.42. The molecule has 0 aliphatic carbocycles. The van der Waals surface area contributed by atoms with Crippen LogP contribution >= 0.6 is 23.2 Å². The van der Waals surface area contributed by atoms with Crippen LogP contribution in [0, 0.1) is 0 Å². The summed E-state index contributed by atoms with van der Waals surface area (Å²) in [6.07, 6.45) is 1.23. The third-order valence-electron chi connectivity index (χ3n) is 2.94. The first-order chi connectivity index (χ1) is 9.67. The number of nitrogens with zero attached hydrogens (tertiary/aromatic N) is 1. The second-order valence-electron chi connectivity index (χ2n) is 4.32. The molecule has 3 aromatic rings. The normalized spacial score (nSPS) is 10.9. The molecule has 0 aliphatic rings. The van der Waals surface area contributed by atoms with E-state index in [-0.39, 0.29) is 0 Å². The number of aldehydes is 1. The van der Waals surface area contributed by atoms with Gasteiger partial charge in [0.1, 0.15) is 11.8 Å². The minimum Gasteiger partial charge on any atom is -0.436 e. The van der Waals surface area contributed by atoms with Gasteiger partial charge in [-0.2, -0.15) is 0 Å². The summed E-state index contributed by atoms with van der Waals surface area (Å²) >= 11 is 11.9. The summed E-state index contributed by atoms with van der Waals surface area (Å²) in [6.45, 7) is 0. The quantitative estimate of drug-likeness (QED) is 0.667. The lowest BCUT2D eigenvalue weighted by Crippen LogP contribution is -1.84. The topological polar surface area (TPSA) is 43.1 Å². The molecular weight excluding hydrogens is 297 g/mol. The fourth-order valence-electron chi connectivity index (χ4n) is 1.95. The molecule has 0 spiro atoms. The Kier molecular flexibility index (Phi) is 3.47. The van der Waals surface area contributed by atoms with Crippen LogP contribution in [0.3, 0.4) is 0 Å². The predicted molar refractivity (Wildman–Crippen MR) is 79.2 cm³/mol. The maximum Gasteiger partial charge on any atom is 0.227 e. The Balaban J connectivity index is 2.07. The van der Waals surface area contributed by atoms with Crippen molar-refractivity contribution in [3.05, 3.63) is 52.0 Å². The van der Waals surface area contributed by atoms with Crippen LogP contribution < -0.4 is 0 Å². The number of halogens is 2. The van der Waals surface area contributed by atoms with Gasteiger partial charge in [-0.15, -0.1) is 0 Å². The highest BCUT2D eigenvalue weighted by atomic mass is 35.5. The number of hydrogen-bond donors (Lipinski definition) is 0. The number of benzene rings is 2. The van der Waals surface area contributed by atoms with Gasteiger partial charge in [-0.3, -0.25) is 0 Å². The highest BCUT2D eigenvalue weighted by Crippen LogP contribution is 2.30. The standard InChI is InChI=1S/C15H9Cl2NO2/c16-11-3-2-10(8-12(11)17)15-18-13-7-9(5-6-19)1-4-14(13)20-15/h1-4,6-8H,5H2. The minimum atomic E-state index is 0.366. The minimum absolute atomic E-state index is 0.366. The zero-order chi connectivity index (χ0) is 14.1. The Morgan fingerprint density at radius 3 is 2.70 bits per heavy atom. The van der Waals surface area contributed by atoms with E-state index in [1.54, 1.807) is 18.2 Å². The largest absolute Gasteiger partial charge is 0.436 e. The molecule has 20 heavy (non-hydrogen) atoms. The molecule has 0 saturated heterocycles. The molecule has 0 amide bonds. The van der Waals surface area contributed by atoms with E-state index in [0.29, 0.717) is 33.5 Å². The molecule has 0 radical (unpaired) electrons. The second kappa shape index (κ2) is 5.27. The van der Waals surface area contributed by atoms with Crippen molar-refractivity contribution in [2.24, 2.45) is 0 Å². The van der Waals surface area contributed by atoms with Crippen molar-refractivity contribution in [2.75, 3.05) is 0 Å². The van der Waals surface area contributed by atoms with Gasteiger partial charge >= 0.3 is 0 Å². The molecule has 0 atom stereocenters. The van der Waals surface area contributed by atoms with Crippen molar-refractivity contribution in [3.8, 4) is 11.5 Å². The average molecular weight is 306 g/mol. The molecule has 100 valence electrons. The van der Waals surface area contributed by atoms with Crippen LogP contribution in [0.2, 0.25) is 10.0 Å². The lowest BCUT2D eigenvalue weighted by Gasteiger charge is -1.97. The van der Waals surface area contributed by atoms with Crippen molar-refractivity contribution >= 4 is 40.6 Å². The van der Waals surface area contributed by atoms with Crippen LogP contribution in [0.25, 0.3) is 22.6 Å². The summed E-state index contributed by atoms with van der Waals surface area (Å²) in [5.41, 5.74) is 3.04. The zero-order valence-electron chi connectivity index (χ0n) is 10.3. The molecule has 3 nitrogen and oxygen atoms in total. The van der Waals surface area contributed by atoms with E-state index in [0.717, 1.165) is 17.4 Å². The van der Waals surface area contributed by atoms with Crippen LogP contribution in [0.15, 0.2) is 40.8 Å². The monoisotopic (exact) mass is 305 g/mol. The average Bonchev–Trinajstić information content (AvgIpc) is 2.85. The van der Waals surface area contributed by atoms with Gasteiger partial charge in [0.2, 0.25) is 5.89 Å². The molecule has 1 aromatic heterocycles. The lowest BCUT2D eigenvalue weighted by atomic mass is 10.1. The number of aromatic nitrogens is 1. The Labute approximate surface area is 125 Å². The van der Waals surface area contributed by atoms with Gasteiger partial charge < -0.3 is 9.21 Å². The van der Waals surface area contributed by atoms with Crippen LogP contribution in [-0.2, 0) is 11.2 Å². The summed E-state index contributed by atoms with van der Waals surface area (Å²) in [7, 11) is 0. The van der Waals surface area contributed by atoms with Crippen LogP contribution in [0.5, 0.6) is 0 Å². The molecule has 0 unspecified atom stereocenters. The van der Waals surface area contributed by atoms with E-state index in [1.165, 1.54) is 0 Å². The van der Waals surface area contributed by atoms with Crippen LogP contribution in [0.4, 0.5) is 0 Å². The van der Waals surface area contributed by atoms with Gasteiger partial charge in [0.25, 0.3) is 0 Å². The summed E-state index contributed by atoms with van der Waals surface area (Å²) in [5, 5.41) is 0.938. The molecule has 0 aliphatic heterocycles. The molecular formula is C15H9Cl2NO2. The van der Waals surface area contributed by atoms with Crippen LogP contribution in [-0.4, -0.2) is 11.3 Å². The summed E-state index contributed by atoms with van der Waals surface area (Å²) < 4.78 is 5.68. The molecule has 1 heterocycles. The number of rotatable bonds is 3. The first kappa shape index (κ1) is 13.2. The summed E-state index contributed by atoms with van der Waals surface area (Å²) in [5.74, 6) is 0.474. The van der Waals surface area contributed by atoms with E-state index >= 15 is 0 Å². The summed E-state index contributed by atoms with van der Waals surface area (Å²) in [6, 6.07) is 10.7. The van der Waals surface area contributed by atoms with Crippen molar-refractivity contribution in [2.45, 2.75) is 6.42 Å². The van der Waals surface area contributed by atoms with Crippen molar-refractivity contribution in [1.29, 1.82) is 0 Å². The Morgan fingerprint density at radius 2 is 1.95 bits per heavy atom. The third kappa shape index (κ3) is 2.42. The Morgan fingerprint density at radius 1 is 1.10 bits per heavy atom. The first-order valence-corrected chi connectivity index (χ1v) is 6.71. The van der Waals surface area contributed by atoms with E-state index in [2.05, 4.69) is 4.98 Å². The lowest BCUT2D eigenvalue weighted by molar-refractivity contribution is -0.107. The Bertz CT molecular complexity index is 796. The number of carbonyl (C=O) groups excluding carboxylic acids is 1. The van der Waals surface area contributed by atoms with Gasteiger partial charge in [0, 0.05) is 12.0 Å². The van der Waals surface area contributed by atoms with Crippen molar-refractivity contribution in [1.82, 2.24) is 4.98 Å². The van der Waals surface area contributed by atoms with Gasteiger partial charge in [-0.1, -0.05) is 29.3 Å². The zero-order valence-corrected chi connectivity index (χ0v) is 11.8. The maximum absolute atomic E-state index is 10.5. The molecule has 0 fully saturated rings. The van der Waals surface area contributed by atoms with Gasteiger partial charge in [0.15, 0.2) is 5.58 Å². The smallest absolute Gasteiger partial charge is 0.227 e. The Hall–Kier alpha value is -1.84. The van der Waals surface area contributed by atoms with Gasteiger partial charge in [0.05, 0.1) is 10.0 Å². The SMILES string of the molecule is O=CCc1ccc2oc(-c3ccc(Cl)c(Cl)c3)nc2c1. The predicted octanol–water partition coefficient (Wildman–Crippen LogP) is 4.54. The summed E-state index contributed by atoms with van der Waals surface area (Å²) in [4.78, 5) is 14.9. The fourth-order valence-corrected chi connectivity index (χ4v) is 2.25. The molecule has 0 bridgehead atoms. The number of fused-ring (bicyclic) bond motifs is 1. The molecule has 2 aromatic carbocycles. The van der Waals surface area contributed by atoms with E-state index < -0.39 is 0 Å². The highest BCUT2D eigenvalue weighted by Gasteiger charge is 2.10. The molecule has 3 rings (SSSR count). The van der Waals surface area contributed by atoms with Gasteiger partial charge in [-0.05, 0) is 35.9 Å². The van der Waals surface area contributed by atoms with Crippen molar-refractivity contribution < 1.29 is 9.21 Å². The number of hydrogen-bond acceptors (Lipinski definition) is 3. The van der Waals surface area contributed by atoms with E-state index in [1.807, 2.05) is 18.2 Å². The van der Waals surface area contributed by atoms with Crippen LogP contribution in [0.1, 0.15) is 5.56 Å². The second-order valence-corrected chi connectivity index (χ2v) is 5.14. The number of oxazole rings is 1. The van der Waals surface area contributed by atoms with E-state index in [4.69, 9.17) is 27.6 Å². The first-order valence-electron chi connectivity index (χ1n) is 5.96. The van der Waals surface area contributed by atoms with Crippen molar-refractivity contribution in [3.63, 3.8) is 0 Å². The van der Waals surface area contributed by atoms with E-state index in [9.17, 15) is 4.79 Å². The molecule has 5 heteroatoms. The van der Waals surface area contributed by atoms with Gasteiger partial charge in [-0.25, -0.2) is 4.98 Å².